The lowest BCUT2D eigenvalue weighted by Gasteiger charge is -2.13. The summed E-state index contributed by atoms with van der Waals surface area (Å²) in [5, 5.41) is 0.794. The van der Waals surface area contributed by atoms with E-state index in [1.165, 1.54) is 6.42 Å². The second kappa shape index (κ2) is 4.84. The van der Waals surface area contributed by atoms with E-state index in [4.69, 9.17) is 0 Å². The van der Waals surface area contributed by atoms with E-state index in [9.17, 15) is 4.79 Å². The highest BCUT2D eigenvalue weighted by atomic mass is 32.2. The molecule has 0 fully saturated rings. The first-order chi connectivity index (χ1) is 7.31. The van der Waals surface area contributed by atoms with Crippen molar-refractivity contribution in [2.24, 2.45) is 0 Å². The lowest BCUT2D eigenvalue weighted by molar-refractivity contribution is 0.641. The first kappa shape index (κ1) is 10.7. The molecule has 0 atom stereocenters. The molecule has 4 heteroatoms. The lowest BCUT2D eigenvalue weighted by Crippen LogP contribution is -2.21. The van der Waals surface area contributed by atoms with Crippen LogP contribution in [0.1, 0.15) is 37.4 Å². The van der Waals surface area contributed by atoms with Gasteiger partial charge in [-0.25, -0.2) is 4.98 Å². The smallest absolute Gasteiger partial charge is 0.254 e. The summed E-state index contributed by atoms with van der Waals surface area (Å²) in [5.41, 5.74) is 2.03. The molecule has 1 aromatic rings. The molecule has 15 heavy (non-hydrogen) atoms. The Morgan fingerprint density at radius 1 is 1.40 bits per heavy atom. The first-order valence-electron chi connectivity index (χ1n) is 5.56. The maximum Gasteiger partial charge on any atom is 0.254 e. The molecule has 0 saturated heterocycles. The van der Waals surface area contributed by atoms with E-state index in [0.29, 0.717) is 0 Å². The molecular weight excluding hydrogens is 208 g/mol. The van der Waals surface area contributed by atoms with Crippen molar-refractivity contribution < 1.29 is 0 Å². The lowest BCUT2D eigenvalue weighted by atomic mass is 9.97. The molecule has 82 valence electrons. The Balaban J connectivity index is 2.28. The highest BCUT2D eigenvalue weighted by molar-refractivity contribution is 7.99. The zero-order valence-electron chi connectivity index (χ0n) is 9.01. The maximum atomic E-state index is 11.7. The number of aromatic amines is 1. The highest BCUT2D eigenvalue weighted by Crippen LogP contribution is 2.19. The van der Waals surface area contributed by atoms with Crippen molar-refractivity contribution in [1.82, 2.24) is 9.97 Å². The standard InChI is InChI=1S/C11H16N2OS/c1-2-7-15-11-12-9-6-4-3-5-8(9)10(14)13-11/h2-7H2,1H3,(H,12,13,14). The summed E-state index contributed by atoms with van der Waals surface area (Å²) >= 11 is 1.64. The van der Waals surface area contributed by atoms with E-state index in [1.807, 2.05) is 0 Å². The summed E-state index contributed by atoms with van der Waals surface area (Å²) in [4.78, 5) is 19.1. The third-order valence-electron chi connectivity index (χ3n) is 2.61. The Kier molecular flexibility index (Phi) is 3.46. The van der Waals surface area contributed by atoms with Crippen LogP contribution >= 0.6 is 11.8 Å². The van der Waals surface area contributed by atoms with Gasteiger partial charge < -0.3 is 4.98 Å². The van der Waals surface area contributed by atoms with Gasteiger partial charge in [0.2, 0.25) is 0 Å². The summed E-state index contributed by atoms with van der Waals surface area (Å²) < 4.78 is 0. The van der Waals surface area contributed by atoms with Crippen LogP contribution in [-0.4, -0.2) is 15.7 Å². The van der Waals surface area contributed by atoms with Crippen LogP contribution in [0.3, 0.4) is 0 Å². The van der Waals surface area contributed by atoms with Crippen molar-refractivity contribution >= 4 is 11.8 Å². The molecule has 1 aliphatic carbocycles. The molecule has 1 heterocycles. The minimum absolute atomic E-state index is 0.0818. The second-order valence-corrected chi connectivity index (χ2v) is 4.94. The van der Waals surface area contributed by atoms with Crippen molar-refractivity contribution in [3.8, 4) is 0 Å². The summed E-state index contributed by atoms with van der Waals surface area (Å²) in [6, 6.07) is 0. The van der Waals surface area contributed by atoms with Gasteiger partial charge in [-0.3, -0.25) is 4.79 Å². The molecule has 1 aliphatic rings. The van der Waals surface area contributed by atoms with Gasteiger partial charge in [0.1, 0.15) is 0 Å². The molecule has 3 nitrogen and oxygen atoms in total. The molecule has 0 aliphatic heterocycles. The Morgan fingerprint density at radius 3 is 3.00 bits per heavy atom. The molecule has 0 amide bonds. The van der Waals surface area contributed by atoms with Gasteiger partial charge in [-0.2, -0.15) is 0 Å². The summed E-state index contributed by atoms with van der Waals surface area (Å²) in [5.74, 6) is 1.02. The Hall–Kier alpha value is -0.770. The van der Waals surface area contributed by atoms with Crippen molar-refractivity contribution in [3.05, 3.63) is 21.6 Å². The van der Waals surface area contributed by atoms with Crippen LogP contribution in [-0.2, 0) is 12.8 Å². The molecule has 0 saturated carbocycles. The monoisotopic (exact) mass is 224 g/mol. The molecule has 0 spiro atoms. The maximum absolute atomic E-state index is 11.7. The number of rotatable bonds is 3. The number of hydrogen-bond acceptors (Lipinski definition) is 3. The average molecular weight is 224 g/mol. The summed E-state index contributed by atoms with van der Waals surface area (Å²) in [6.07, 6.45) is 5.27. The fraction of sp³-hybridized carbons (Fsp3) is 0.636. The van der Waals surface area contributed by atoms with Gasteiger partial charge in [-0.1, -0.05) is 18.7 Å². The number of nitrogens with zero attached hydrogens (tertiary/aromatic N) is 1. The van der Waals surface area contributed by atoms with Gasteiger partial charge in [0.15, 0.2) is 5.16 Å². The van der Waals surface area contributed by atoms with Crippen LogP contribution < -0.4 is 5.56 Å². The SMILES string of the molecule is CCCSc1nc2c(c(=O)[nH]1)CCCC2. The third kappa shape index (κ3) is 2.43. The predicted octanol–water partition coefficient (Wildman–Crippen LogP) is 2.15. The molecule has 0 bridgehead atoms. The topological polar surface area (TPSA) is 45.8 Å². The van der Waals surface area contributed by atoms with Gasteiger partial charge in [-0.15, -0.1) is 0 Å². The van der Waals surface area contributed by atoms with Crippen molar-refractivity contribution in [1.29, 1.82) is 0 Å². The number of hydrogen-bond donors (Lipinski definition) is 1. The number of aromatic nitrogens is 2. The highest BCUT2D eigenvalue weighted by Gasteiger charge is 2.15. The first-order valence-corrected chi connectivity index (χ1v) is 6.54. The quantitative estimate of drug-likeness (QED) is 0.632. The van der Waals surface area contributed by atoms with Gasteiger partial charge in [-0.05, 0) is 32.1 Å². The molecule has 1 aromatic heterocycles. The third-order valence-corrected chi connectivity index (χ3v) is 3.69. The fourth-order valence-corrected chi connectivity index (χ4v) is 2.58. The van der Waals surface area contributed by atoms with Crippen LogP contribution in [0.2, 0.25) is 0 Å². The van der Waals surface area contributed by atoms with Crippen LogP contribution in [0, 0.1) is 0 Å². The molecule has 0 unspecified atom stereocenters. The Bertz CT molecular complexity index is 400. The minimum Gasteiger partial charge on any atom is -0.301 e. The van der Waals surface area contributed by atoms with Crippen LogP contribution in [0.4, 0.5) is 0 Å². The van der Waals surface area contributed by atoms with Gasteiger partial charge in [0.25, 0.3) is 5.56 Å². The minimum atomic E-state index is 0.0818. The second-order valence-electron chi connectivity index (χ2n) is 3.85. The Morgan fingerprint density at radius 2 is 2.20 bits per heavy atom. The normalized spacial score (nSPS) is 15.0. The zero-order valence-corrected chi connectivity index (χ0v) is 9.82. The van der Waals surface area contributed by atoms with E-state index in [2.05, 4.69) is 16.9 Å². The molecule has 2 rings (SSSR count). The number of aryl methyl sites for hydroxylation is 1. The Labute approximate surface area is 93.7 Å². The fourth-order valence-electron chi connectivity index (χ4n) is 1.85. The van der Waals surface area contributed by atoms with Gasteiger partial charge >= 0.3 is 0 Å². The molecule has 0 aromatic carbocycles. The molecular formula is C11H16N2OS. The summed E-state index contributed by atoms with van der Waals surface area (Å²) in [6.45, 7) is 2.13. The number of H-pyrrole nitrogens is 1. The van der Waals surface area contributed by atoms with Gasteiger partial charge in [0, 0.05) is 11.3 Å². The van der Waals surface area contributed by atoms with Crippen LogP contribution in [0.25, 0.3) is 0 Å². The van der Waals surface area contributed by atoms with E-state index in [1.54, 1.807) is 11.8 Å². The van der Waals surface area contributed by atoms with Crippen LogP contribution in [0.15, 0.2) is 9.95 Å². The van der Waals surface area contributed by atoms with E-state index < -0.39 is 0 Å². The molecule has 1 N–H and O–H groups in total. The van der Waals surface area contributed by atoms with E-state index >= 15 is 0 Å². The number of fused-ring (bicyclic) bond motifs is 1. The van der Waals surface area contributed by atoms with Crippen molar-refractivity contribution in [2.45, 2.75) is 44.2 Å². The number of thioether (sulfide) groups is 1. The average Bonchev–Trinajstić information content (AvgIpc) is 2.26. The van der Waals surface area contributed by atoms with Gasteiger partial charge in [0.05, 0.1) is 5.69 Å². The van der Waals surface area contributed by atoms with E-state index in [-0.39, 0.29) is 5.56 Å². The van der Waals surface area contributed by atoms with Crippen LogP contribution in [0.5, 0.6) is 0 Å². The zero-order chi connectivity index (χ0) is 10.7. The van der Waals surface area contributed by atoms with E-state index in [0.717, 1.165) is 47.8 Å². The largest absolute Gasteiger partial charge is 0.301 e. The van der Waals surface area contributed by atoms with Crippen molar-refractivity contribution in [2.75, 3.05) is 5.75 Å². The summed E-state index contributed by atoms with van der Waals surface area (Å²) in [7, 11) is 0. The predicted molar refractivity (Wildman–Crippen MR) is 62.5 cm³/mol. The van der Waals surface area contributed by atoms with Crippen molar-refractivity contribution in [3.63, 3.8) is 0 Å². The number of nitrogens with one attached hydrogen (secondary N) is 1. The molecule has 0 radical (unpaired) electrons.